The summed E-state index contributed by atoms with van der Waals surface area (Å²) < 4.78 is 13.1. The molecular formula is C24H19FN8OS2. The van der Waals surface area contributed by atoms with E-state index in [1.807, 2.05) is 5.38 Å². The van der Waals surface area contributed by atoms with Crippen molar-refractivity contribution in [1.29, 1.82) is 5.26 Å². The second-order valence-corrected chi connectivity index (χ2v) is 9.09. The highest BCUT2D eigenvalue weighted by Gasteiger charge is 2.21. The fourth-order valence-electron chi connectivity index (χ4n) is 3.23. The lowest BCUT2D eigenvalue weighted by molar-refractivity contribution is 0.311. The highest BCUT2D eigenvalue weighted by Crippen LogP contribution is 2.41. The van der Waals surface area contributed by atoms with Crippen LogP contribution in [0, 0.1) is 23.7 Å². The van der Waals surface area contributed by atoms with E-state index in [1.165, 1.54) is 35.2 Å². The molecule has 12 heteroatoms. The van der Waals surface area contributed by atoms with Gasteiger partial charge < -0.3 is 21.5 Å². The van der Waals surface area contributed by atoms with Crippen molar-refractivity contribution in [2.45, 2.75) is 10.8 Å². The van der Waals surface area contributed by atoms with Gasteiger partial charge in [-0.1, -0.05) is 17.8 Å². The summed E-state index contributed by atoms with van der Waals surface area (Å²) in [4.78, 5) is 16.7. The summed E-state index contributed by atoms with van der Waals surface area (Å²) in [7, 11) is 0. The number of nitrogens with two attached hydrogens (primary N) is 1. The zero-order valence-electron chi connectivity index (χ0n) is 18.7. The smallest absolute Gasteiger partial charge is 0.237 e. The molecule has 9 nitrogen and oxygen atoms in total. The second kappa shape index (κ2) is 11.5. The van der Waals surface area contributed by atoms with Gasteiger partial charge in [0.25, 0.3) is 0 Å². The molecule has 0 saturated heterocycles. The van der Waals surface area contributed by atoms with Crippen LogP contribution >= 0.6 is 23.1 Å². The third-order valence-corrected chi connectivity index (χ3v) is 6.68. The molecule has 180 valence electrons. The zero-order chi connectivity index (χ0) is 25.5. The number of nitriles is 1. The third kappa shape index (κ3) is 5.70. The van der Waals surface area contributed by atoms with Crippen LogP contribution in [0.15, 0.2) is 53.0 Å². The first-order valence-electron chi connectivity index (χ1n) is 10.5. The molecule has 0 aliphatic carbocycles. The minimum atomic E-state index is -0.314. The molecule has 0 fully saturated rings. The Morgan fingerprint density at radius 2 is 2.03 bits per heavy atom. The monoisotopic (exact) mass is 518 g/mol. The molecule has 0 amide bonds. The van der Waals surface area contributed by atoms with Gasteiger partial charge in [-0.05, 0) is 35.9 Å². The number of thiazole rings is 1. The summed E-state index contributed by atoms with van der Waals surface area (Å²) in [6.45, 7) is 7.90. The molecule has 1 aromatic carbocycles. The van der Waals surface area contributed by atoms with Crippen molar-refractivity contribution in [2.24, 2.45) is 0 Å². The van der Waals surface area contributed by atoms with Gasteiger partial charge in [0.15, 0.2) is 5.13 Å². The molecule has 0 unspecified atom stereocenters. The van der Waals surface area contributed by atoms with E-state index in [-0.39, 0.29) is 29.5 Å². The fraction of sp³-hybridized carbons (Fsp3) is 0.125. The molecule has 0 radical (unpaired) electrons. The summed E-state index contributed by atoms with van der Waals surface area (Å²) in [6.07, 6.45) is 1.55. The van der Waals surface area contributed by atoms with Crippen LogP contribution < -0.4 is 16.4 Å². The van der Waals surface area contributed by atoms with Crippen molar-refractivity contribution >= 4 is 51.2 Å². The molecule has 4 aromatic rings. The van der Waals surface area contributed by atoms with Gasteiger partial charge in [-0.25, -0.2) is 24.2 Å². The molecule has 3 aromatic heterocycles. The van der Waals surface area contributed by atoms with Crippen LogP contribution in [0.2, 0.25) is 0 Å². The van der Waals surface area contributed by atoms with Crippen molar-refractivity contribution in [3.63, 3.8) is 0 Å². The van der Waals surface area contributed by atoms with Crippen LogP contribution in [0.25, 0.3) is 16.0 Å². The Hall–Kier alpha value is -4.23. The van der Waals surface area contributed by atoms with E-state index in [9.17, 15) is 9.65 Å². The average Bonchev–Trinajstić information content (AvgIpc) is 3.34. The Morgan fingerprint density at radius 3 is 2.69 bits per heavy atom. The molecule has 0 aliphatic rings. The van der Waals surface area contributed by atoms with Gasteiger partial charge in [0.1, 0.15) is 28.5 Å². The van der Waals surface area contributed by atoms with Gasteiger partial charge in [0.2, 0.25) is 5.69 Å². The number of aliphatic hydroxyl groups excluding tert-OH is 1. The summed E-state index contributed by atoms with van der Waals surface area (Å²) in [6, 6.07) is 11.6. The summed E-state index contributed by atoms with van der Waals surface area (Å²) in [5.74, 6) is 0.689. The number of nitrogens with one attached hydrogen (secondary N) is 2. The highest BCUT2D eigenvalue weighted by molar-refractivity contribution is 7.98. The number of halogens is 1. The molecule has 3 heterocycles. The summed E-state index contributed by atoms with van der Waals surface area (Å²) >= 11 is 2.69. The predicted molar refractivity (Wildman–Crippen MR) is 140 cm³/mol. The van der Waals surface area contributed by atoms with Gasteiger partial charge in [0.05, 0.1) is 24.4 Å². The van der Waals surface area contributed by atoms with Crippen molar-refractivity contribution in [2.75, 3.05) is 29.5 Å². The van der Waals surface area contributed by atoms with Crippen LogP contribution in [-0.2, 0) is 5.75 Å². The first-order valence-corrected chi connectivity index (χ1v) is 12.4. The first kappa shape index (κ1) is 24.9. The number of hydrogen-bond donors (Lipinski definition) is 4. The molecule has 4 rings (SSSR count). The standard InChI is InChI=1S/C24H19FN8OS2/c1-28-21-20(14-2-7-19(30-11-14)29-8-9-34)18(10-26)23(33-22(21)27)35-12-17-13-36-24(32-17)31-16-5-3-15(25)4-6-16/h2-7,11,13,34H,8-9,12H2,(H2,27,33)(H,29,30)(H,31,32). The largest absolute Gasteiger partial charge is 0.395 e. The number of thioether (sulfide) groups is 1. The number of hydrogen-bond acceptors (Lipinski definition) is 10. The van der Waals surface area contributed by atoms with Crippen molar-refractivity contribution < 1.29 is 9.50 Å². The number of aromatic nitrogens is 3. The second-order valence-electron chi connectivity index (χ2n) is 7.27. The summed E-state index contributed by atoms with van der Waals surface area (Å²) in [5.41, 5.74) is 8.84. The number of anilines is 4. The number of pyridine rings is 2. The number of aliphatic hydroxyl groups is 1. The van der Waals surface area contributed by atoms with Crippen LogP contribution in [0.1, 0.15) is 11.3 Å². The van der Waals surface area contributed by atoms with Gasteiger partial charge in [-0.3, -0.25) is 0 Å². The van der Waals surface area contributed by atoms with Gasteiger partial charge in [-0.2, -0.15) is 5.26 Å². The molecular weight excluding hydrogens is 499 g/mol. The summed E-state index contributed by atoms with van der Waals surface area (Å²) in [5, 5.41) is 27.9. The molecule has 5 N–H and O–H groups in total. The van der Waals surface area contributed by atoms with Gasteiger partial charge in [0, 0.05) is 35.1 Å². The lowest BCUT2D eigenvalue weighted by Crippen LogP contribution is -2.06. The van der Waals surface area contributed by atoms with E-state index < -0.39 is 0 Å². The Kier molecular flexibility index (Phi) is 7.92. The molecule has 36 heavy (non-hydrogen) atoms. The minimum Gasteiger partial charge on any atom is -0.395 e. The number of rotatable bonds is 9. The Labute approximate surface area is 214 Å². The van der Waals surface area contributed by atoms with Crippen molar-refractivity contribution in [3.8, 4) is 17.2 Å². The number of nitrogens with zero attached hydrogens (tertiary/aromatic N) is 5. The van der Waals surface area contributed by atoms with Crippen LogP contribution in [-0.4, -0.2) is 33.2 Å². The predicted octanol–water partition coefficient (Wildman–Crippen LogP) is 5.18. The molecule has 0 aliphatic heterocycles. The van der Waals surface area contributed by atoms with E-state index in [0.717, 1.165) is 11.4 Å². The first-order chi connectivity index (χ1) is 17.5. The average molecular weight is 519 g/mol. The van der Waals surface area contributed by atoms with Crippen molar-refractivity contribution in [3.05, 3.63) is 76.5 Å². The Bertz CT molecular complexity index is 1440. The fourth-order valence-corrected chi connectivity index (χ4v) is 4.96. The normalized spacial score (nSPS) is 10.4. The van der Waals surface area contributed by atoms with Gasteiger partial charge in [-0.15, -0.1) is 11.3 Å². The SMILES string of the molecule is [C-]#[N+]c1c(N)nc(SCc2csc(Nc3ccc(F)cc3)n2)c(C#N)c1-c1ccc(NCCO)nc1. The van der Waals surface area contributed by atoms with E-state index in [4.69, 9.17) is 17.4 Å². The van der Waals surface area contributed by atoms with Crippen LogP contribution in [0.4, 0.5) is 32.5 Å². The highest BCUT2D eigenvalue weighted by atomic mass is 32.2. The quantitative estimate of drug-likeness (QED) is 0.174. The van der Waals surface area contributed by atoms with E-state index in [0.29, 0.717) is 39.4 Å². The van der Waals surface area contributed by atoms with Crippen molar-refractivity contribution in [1.82, 2.24) is 15.0 Å². The topological polar surface area (TPSA) is 137 Å². The number of benzene rings is 1. The van der Waals surface area contributed by atoms with E-state index >= 15 is 0 Å². The van der Waals surface area contributed by atoms with Gasteiger partial charge >= 0.3 is 0 Å². The number of nitrogen functional groups attached to an aromatic ring is 1. The lowest BCUT2D eigenvalue weighted by atomic mass is 10.0. The minimum absolute atomic E-state index is 0.0286. The molecule has 0 spiro atoms. The Morgan fingerprint density at radius 1 is 1.22 bits per heavy atom. The van der Waals surface area contributed by atoms with Crippen LogP contribution in [0.5, 0.6) is 0 Å². The maximum absolute atomic E-state index is 13.1. The van der Waals surface area contributed by atoms with Crippen LogP contribution in [0.3, 0.4) is 0 Å². The van der Waals surface area contributed by atoms with E-state index in [2.05, 4.69) is 36.5 Å². The molecule has 0 atom stereocenters. The maximum Gasteiger partial charge on any atom is 0.237 e. The maximum atomic E-state index is 13.1. The molecule has 0 bridgehead atoms. The van der Waals surface area contributed by atoms with E-state index in [1.54, 1.807) is 30.5 Å². The molecule has 0 saturated carbocycles. The Balaban J connectivity index is 1.57. The third-order valence-electron chi connectivity index (χ3n) is 4.86. The zero-order valence-corrected chi connectivity index (χ0v) is 20.3. The lowest BCUT2D eigenvalue weighted by Gasteiger charge is -2.13.